The van der Waals surface area contributed by atoms with Gasteiger partial charge in [-0.3, -0.25) is 0 Å². The van der Waals surface area contributed by atoms with E-state index in [0.29, 0.717) is 51.4 Å². The zero-order valence-electron chi connectivity index (χ0n) is 20.0. The number of hydrogen-bond acceptors (Lipinski definition) is 8. The molecular weight excluding hydrogens is 392 g/mol. The van der Waals surface area contributed by atoms with Gasteiger partial charge < -0.3 is 25.8 Å². The molecule has 0 aliphatic rings. The highest BCUT2D eigenvalue weighted by Crippen LogP contribution is 2.12. The fourth-order valence-electron chi connectivity index (χ4n) is 3.12. The van der Waals surface area contributed by atoms with E-state index in [9.17, 15) is 0 Å². The summed E-state index contributed by atoms with van der Waals surface area (Å²) in [5.74, 6) is 2.14. The Morgan fingerprint density at radius 1 is 0.645 bits per heavy atom. The minimum atomic E-state index is 0.539. The maximum absolute atomic E-state index is 5.55. The van der Waals surface area contributed by atoms with Crippen molar-refractivity contribution in [2.24, 2.45) is 5.73 Å². The molecule has 180 valence electrons. The van der Waals surface area contributed by atoms with Crippen LogP contribution < -0.4 is 16.4 Å². The molecule has 0 amide bonds. The molecule has 0 unspecified atom stereocenters. The van der Waals surface area contributed by atoms with E-state index >= 15 is 0 Å². The van der Waals surface area contributed by atoms with Gasteiger partial charge in [0.2, 0.25) is 11.9 Å². The molecular formula is C23H46N6O2. The van der Waals surface area contributed by atoms with E-state index in [2.05, 4.69) is 39.4 Å². The van der Waals surface area contributed by atoms with E-state index in [4.69, 9.17) is 15.2 Å². The second kappa shape index (κ2) is 20.4. The van der Waals surface area contributed by atoms with Crippen LogP contribution in [0.3, 0.4) is 0 Å². The lowest BCUT2D eigenvalue weighted by Crippen LogP contribution is -2.17. The van der Waals surface area contributed by atoms with Gasteiger partial charge in [-0.2, -0.15) is 15.0 Å². The number of nitrogens with one attached hydrogen (secondary N) is 2. The Labute approximate surface area is 189 Å². The van der Waals surface area contributed by atoms with Gasteiger partial charge in [-0.15, -0.1) is 0 Å². The third kappa shape index (κ3) is 15.9. The molecule has 0 bridgehead atoms. The predicted octanol–water partition coefficient (Wildman–Crippen LogP) is 4.17. The summed E-state index contributed by atoms with van der Waals surface area (Å²) in [6.07, 6.45) is 13.5. The first kappa shape index (κ1) is 27.5. The van der Waals surface area contributed by atoms with Gasteiger partial charge >= 0.3 is 0 Å². The standard InChI is InChI=1S/C23H46N6O2/c1-3-5-7-8-9-10-11-12-13-21-27-22(25-15-6-4-2)29-23(28-21)26-16-18-31-20-19-30-17-14-24/h3-20,24H2,1-2H3,(H2,25,26,27,28,29). The van der Waals surface area contributed by atoms with Crippen LogP contribution in [0.25, 0.3) is 0 Å². The SMILES string of the molecule is CCCCCCCCCCc1nc(NCCCC)nc(NCCOCCOCCN)n1. The average Bonchev–Trinajstić information content (AvgIpc) is 2.77. The van der Waals surface area contributed by atoms with E-state index < -0.39 is 0 Å². The van der Waals surface area contributed by atoms with Crippen molar-refractivity contribution in [1.82, 2.24) is 15.0 Å². The Balaban J connectivity index is 2.37. The summed E-state index contributed by atoms with van der Waals surface area (Å²) in [4.78, 5) is 13.7. The molecule has 0 spiro atoms. The third-order valence-corrected chi connectivity index (χ3v) is 4.91. The van der Waals surface area contributed by atoms with E-state index in [0.717, 1.165) is 38.1 Å². The van der Waals surface area contributed by atoms with Crippen molar-refractivity contribution in [3.8, 4) is 0 Å². The lowest BCUT2D eigenvalue weighted by atomic mass is 10.1. The second-order valence-corrected chi connectivity index (χ2v) is 7.84. The van der Waals surface area contributed by atoms with Crippen molar-refractivity contribution in [2.75, 3.05) is 56.7 Å². The summed E-state index contributed by atoms with van der Waals surface area (Å²) in [5.41, 5.74) is 5.39. The lowest BCUT2D eigenvalue weighted by Gasteiger charge is -2.11. The largest absolute Gasteiger partial charge is 0.378 e. The number of nitrogens with two attached hydrogens (primary N) is 1. The van der Waals surface area contributed by atoms with Crippen LogP contribution >= 0.6 is 0 Å². The van der Waals surface area contributed by atoms with Crippen molar-refractivity contribution in [3.63, 3.8) is 0 Å². The highest BCUT2D eigenvalue weighted by Gasteiger charge is 2.06. The highest BCUT2D eigenvalue weighted by atomic mass is 16.5. The molecule has 1 rings (SSSR count). The maximum atomic E-state index is 5.55. The van der Waals surface area contributed by atoms with Crippen molar-refractivity contribution in [1.29, 1.82) is 0 Å². The van der Waals surface area contributed by atoms with Gasteiger partial charge in [-0.1, -0.05) is 65.2 Å². The predicted molar refractivity (Wildman–Crippen MR) is 129 cm³/mol. The number of unbranched alkanes of at least 4 members (excludes halogenated alkanes) is 8. The summed E-state index contributed by atoms with van der Waals surface area (Å²) in [7, 11) is 0. The van der Waals surface area contributed by atoms with Gasteiger partial charge in [0.05, 0.1) is 26.4 Å². The molecule has 0 saturated heterocycles. The van der Waals surface area contributed by atoms with E-state index in [1.165, 1.54) is 44.9 Å². The Kier molecular flexibility index (Phi) is 18.1. The first-order chi connectivity index (χ1) is 15.3. The van der Waals surface area contributed by atoms with Crippen LogP contribution in [0.15, 0.2) is 0 Å². The van der Waals surface area contributed by atoms with Crippen molar-refractivity contribution in [3.05, 3.63) is 5.82 Å². The molecule has 31 heavy (non-hydrogen) atoms. The molecule has 1 aromatic rings. The minimum absolute atomic E-state index is 0.539. The van der Waals surface area contributed by atoms with Crippen molar-refractivity contribution < 1.29 is 9.47 Å². The summed E-state index contributed by atoms with van der Waals surface area (Å²) in [5, 5.41) is 6.59. The number of hydrogen-bond donors (Lipinski definition) is 3. The zero-order valence-corrected chi connectivity index (χ0v) is 20.0. The van der Waals surface area contributed by atoms with Crippen LogP contribution in [0.5, 0.6) is 0 Å². The van der Waals surface area contributed by atoms with Gasteiger partial charge in [0, 0.05) is 26.1 Å². The number of anilines is 2. The van der Waals surface area contributed by atoms with Crippen LogP contribution in [-0.4, -0.2) is 61.0 Å². The fraction of sp³-hybridized carbons (Fsp3) is 0.870. The third-order valence-electron chi connectivity index (χ3n) is 4.91. The monoisotopic (exact) mass is 438 g/mol. The molecule has 0 aliphatic carbocycles. The molecule has 1 aromatic heterocycles. The Morgan fingerprint density at radius 2 is 1.23 bits per heavy atom. The summed E-state index contributed by atoms with van der Waals surface area (Å²) in [6, 6.07) is 0. The van der Waals surface area contributed by atoms with Crippen LogP contribution in [0.4, 0.5) is 11.9 Å². The normalized spacial score (nSPS) is 11.1. The van der Waals surface area contributed by atoms with Crippen LogP contribution in [0.1, 0.15) is 83.9 Å². The van der Waals surface area contributed by atoms with Gasteiger partial charge in [0.15, 0.2) is 0 Å². The van der Waals surface area contributed by atoms with E-state index in [1.807, 2.05) is 0 Å². The molecule has 1 heterocycles. The van der Waals surface area contributed by atoms with E-state index in [-0.39, 0.29) is 0 Å². The maximum Gasteiger partial charge on any atom is 0.227 e. The van der Waals surface area contributed by atoms with Crippen LogP contribution in [0, 0.1) is 0 Å². The highest BCUT2D eigenvalue weighted by molar-refractivity contribution is 5.34. The smallest absolute Gasteiger partial charge is 0.227 e. The van der Waals surface area contributed by atoms with Gasteiger partial charge in [0.1, 0.15) is 5.82 Å². The van der Waals surface area contributed by atoms with Crippen molar-refractivity contribution >= 4 is 11.9 Å². The number of nitrogens with zero attached hydrogens (tertiary/aromatic N) is 3. The lowest BCUT2D eigenvalue weighted by molar-refractivity contribution is 0.0547. The van der Waals surface area contributed by atoms with Crippen LogP contribution in [0.2, 0.25) is 0 Å². The molecule has 0 aliphatic heterocycles. The molecule has 4 N–H and O–H groups in total. The first-order valence-electron chi connectivity index (χ1n) is 12.4. The molecule has 0 saturated carbocycles. The average molecular weight is 439 g/mol. The Morgan fingerprint density at radius 3 is 1.87 bits per heavy atom. The van der Waals surface area contributed by atoms with Crippen LogP contribution in [-0.2, 0) is 15.9 Å². The van der Waals surface area contributed by atoms with Gasteiger partial charge in [-0.25, -0.2) is 0 Å². The van der Waals surface area contributed by atoms with Gasteiger partial charge in [-0.05, 0) is 12.8 Å². The molecule has 8 nitrogen and oxygen atoms in total. The fourth-order valence-corrected chi connectivity index (χ4v) is 3.12. The molecule has 0 atom stereocenters. The number of rotatable bonds is 22. The molecule has 0 radical (unpaired) electrons. The zero-order chi connectivity index (χ0) is 22.4. The number of ether oxygens (including phenoxy) is 2. The summed E-state index contributed by atoms with van der Waals surface area (Å²) >= 11 is 0. The number of aryl methyl sites for hydroxylation is 1. The van der Waals surface area contributed by atoms with E-state index in [1.54, 1.807) is 0 Å². The topological polar surface area (TPSA) is 107 Å². The minimum Gasteiger partial charge on any atom is -0.378 e. The molecule has 0 fully saturated rings. The summed E-state index contributed by atoms with van der Waals surface area (Å²) in [6.45, 7) is 8.77. The first-order valence-corrected chi connectivity index (χ1v) is 12.4. The molecule has 0 aromatic carbocycles. The Bertz CT molecular complexity index is 495. The second-order valence-electron chi connectivity index (χ2n) is 7.84. The summed E-state index contributed by atoms with van der Waals surface area (Å²) < 4.78 is 10.8. The van der Waals surface area contributed by atoms with Crippen molar-refractivity contribution in [2.45, 2.75) is 84.5 Å². The Hall–Kier alpha value is -1.51. The molecule has 8 heteroatoms. The quantitative estimate of drug-likeness (QED) is 0.232. The van der Waals surface area contributed by atoms with Gasteiger partial charge in [0.25, 0.3) is 0 Å². The number of aromatic nitrogens is 3.